The Kier molecular flexibility index (Phi) is 5.59. The molecule has 0 bridgehead atoms. The molecule has 0 aliphatic carbocycles. The van der Waals surface area contributed by atoms with Crippen LogP contribution in [0.4, 0.5) is 0 Å². The van der Waals surface area contributed by atoms with E-state index in [0.717, 1.165) is 30.4 Å². The van der Waals surface area contributed by atoms with Crippen LogP contribution in [0.5, 0.6) is 0 Å². The number of halogens is 1. The summed E-state index contributed by atoms with van der Waals surface area (Å²) in [7, 11) is 0. The van der Waals surface area contributed by atoms with Gasteiger partial charge in [-0.05, 0) is 63.4 Å². The lowest BCUT2D eigenvalue weighted by atomic mass is 10.1. The number of nitrogens with one attached hydrogen (secondary N) is 1. The first-order chi connectivity index (χ1) is 9.92. The highest BCUT2D eigenvalue weighted by Gasteiger charge is 2.07. The van der Waals surface area contributed by atoms with E-state index < -0.39 is 0 Å². The van der Waals surface area contributed by atoms with E-state index in [9.17, 15) is 0 Å². The minimum atomic E-state index is 0.199. The van der Waals surface area contributed by atoms with Gasteiger partial charge >= 0.3 is 0 Å². The Balaban J connectivity index is 1.81. The fraction of sp³-hybridized carbons (Fsp3) is 0.471. The molecule has 3 nitrogen and oxygen atoms in total. The average Bonchev–Trinajstić information content (AvgIpc) is 2.81. The van der Waals surface area contributed by atoms with E-state index in [4.69, 9.17) is 0 Å². The minimum absolute atomic E-state index is 0.199. The second kappa shape index (κ2) is 7.23. The zero-order valence-electron chi connectivity index (χ0n) is 13.1. The maximum absolute atomic E-state index is 4.45. The largest absolute Gasteiger partial charge is 0.312 e. The first-order valence-corrected chi connectivity index (χ1v) is 8.22. The minimum Gasteiger partial charge on any atom is -0.312 e. The van der Waals surface area contributed by atoms with E-state index in [-0.39, 0.29) is 5.54 Å². The molecule has 0 fully saturated rings. The molecule has 1 aromatic heterocycles. The topological polar surface area (TPSA) is 29.9 Å². The summed E-state index contributed by atoms with van der Waals surface area (Å²) >= 11 is 3.50. The van der Waals surface area contributed by atoms with Crippen molar-refractivity contribution in [2.24, 2.45) is 0 Å². The molecule has 0 radical (unpaired) electrons. The van der Waals surface area contributed by atoms with Crippen molar-refractivity contribution in [3.8, 4) is 0 Å². The van der Waals surface area contributed by atoms with Gasteiger partial charge in [-0.15, -0.1) is 0 Å². The molecular formula is C17H24BrN3. The number of rotatable bonds is 6. The smallest absolute Gasteiger partial charge is 0.0659 e. The summed E-state index contributed by atoms with van der Waals surface area (Å²) < 4.78 is 3.12. The predicted octanol–water partition coefficient (Wildman–Crippen LogP) is 4.01. The molecule has 1 aromatic carbocycles. The zero-order valence-corrected chi connectivity index (χ0v) is 14.7. The Morgan fingerprint density at radius 2 is 2.05 bits per heavy atom. The second-order valence-corrected chi connectivity index (χ2v) is 7.37. The first kappa shape index (κ1) is 16.2. The zero-order chi connectivity index (χ0) is 15.3. The van der Waals surface area contributed by atoms with E-state index in [1.165, 1.54) is 11.1 Å². The molecule has 21 heavy (non-hydrogen) atoms. The van der Waals surface area contributed by atoms with E-state index in [0.29, 0.717) is 0 Å². The third kappa shape index (κ3) is 6.02. The van der Waals surface area contributed by atoms with Crippen LogP contribution in [0.3, 0.4) is 0 Å². The highest BCUT2D eigenvalue weighted by molar-refractivity contribution is 9.10. The van der Waals surface area contributed by atoms with Crippen molar-refractivity contribution in [1.82, 2.24) is 15.1 Å². The number of hydrogen-bond acceptors (Lipinski definition) is 2. The Morgan fingerprint density at radius 3 is 2.76 bits per heavy atom. The van der Waals surface area contributed by atoms with Crippen molar-refractivity contribution >= 4 is 15.9 Å². The lowest BCUT2D eigenvalue weighted by Crippen LogP contribution is -2.36. The molecular weight excluding hydrogens is 326 g/mol. The summed E-state index contributed by atoms with van der Waals surface area (Å²) in [6, 6.07) is 8.36. The number of aryl methyl sites for hydroxylation is 1. The molecule has 2 aromatic rings. The molecule has 0 atom stereocenters. The molecule has 0 unspecified atom stereocenters. The van der Waals surface area contributed by atoms with Gasteiger partial charge in [0.15, 0.2) is 0 Å². The molecule has 1 heterocycles. The molecule has 1 N–H and O–H groups in total. The maximum atomic E-state index is 4.45. The van der Waals surface area contributed by atoms with Crippen molar-refractivity contribution in [2.45, 2.75) is 45.7 Å². The molecule has 0 aliphatic heterocycles. The summed E-state index contributed by atoms with van der Waals surface area (Å²) in [6.07, 6.45) is 6.34. The number of hydrogen-bond donors (Lipinski definition) is 1. The Bertz CT molecular complexity index is 569. The van der Waals surface area contributed by atoms with Gasteiger partial charge in [-0.3, -0.25) is 4.68 Å². The van der Waals surface area contributed by atoms with E-state index in [1.807, 2.05) is 16.9 Å². The summed E-state index contributed by atoms with van der Waals surface area (Å²) in [6.45, 7) is 8.45. The van der Waals surface area contributed by atoms with Gasteiger partial charge in [-0.1, -0.05) is 28.1 Å². The van der Waals surface area contributed by atoms with Crippen molar-refractivity contribution < 1.29 is 0 Å². The first-order valence-electron chi connectivity index (χ1n) is 7.43. The van der Waals surface area contributed by atoms with Crippen molar-refractivity contribution in [3.63, 3.8) is 0 Å². The lowest BCUT2D eigenvalue weighted by molar-refractivity contribution is 0.422. The summed E-state index contributed by atoms with van der Waals surface area (Å²) in [4.78, 5) is 0. The Hall–Kier alpha value is -1.13. The van der Waals surface area contributed by atoms with E-state index >= 15 is 0 Å². The van der Waals surface area contributed by atoms with Crippen LogP contribution in [-0.2, 0) is 13.0 Å². The standard InChI is InChI=1S/C17H24BrN3/c1-17(2,3)19-9-5-7-15-11-20-21(13-15)12-14-6-4-8-16(18)10-14/h4,6,8,10-11,13,19H,5,7,9,12H2,1-3H3. The Morgan fingerprint density at radius 1 is 1.24 bits per heavy atom. The number of aromatic nitrogens is 2. The average molecular weight is 350 g/mol. The molecule has 0 aliphatic rings. The molecule has 4 heteroatoms. The predicted molar refractivity (Wildman–Crippen MR) is 91.5 cm³/mol. The van der Waals surface area contributed by atoms with Crippen molar-refractivity contribution in [2.75, 3.05) is 6.54 Å². The molecule has 0 saturated heterocycles. The van der Waals surface area contributed by atoms with E-state index in [2.05, 4.69) is 71.5 Å². The van der Waals surface area contributed by atoms with Crippen molar-refractivity contribution in [3.05, 3.63) is 52.3 Å². The van der Waals surface area contributed by atoms with Crippen LogP contribution in [-0.4, -0.2) is 21.9 Å². The van der Waals surface area contributed by atoms with Crippen LogP contribution < -0.4 is 5.32 Å². The quantitative estimate of drug-likeness (QED) is 0.798. The van der Waals surface area contributed by atoms with Gasteiger partial charge in [0.25, 0.3) is 0 Å². The SMILES string of the molecule is CC(C)(C)NCCCc1cnn(Cc2cccc(Br)c2)c1. The fourth-order valence-electron chi connectivity index (χ4n) is 2.20. The van der Waals surface area contributed by atoms with Gasteiger partial charge < -0.3 is 5.32 Å². The Labute approximate surface area is 135 Å². The molecule has 2 rings (SSSR count). The fourth-order valence-corrected chi connectivity index (χ4v) is 2.65. The number of benzene rings is 1. The lowest BCUT2D eigenvalue weighted by Gasteiger charge is -2.20. The molecule has 114 valence electrons. The highest BCUT2D eigenvalue weighted by Crippen LogP contribution is 2.13. The monoisotopic (exact) mass is 349 g/mol. The van der Waals surface area contributed by atoms with Gasteiger partial charge in [-0.2, -0.15) is 5.10 Å². The second-order valence-electron chi connectivity index (χ2n) is 6.46. The van der Waals surface area contributed by atoms with Gasteiger partial charge in [-0.25, -0.2) is 0 Å². The van der Waals surface area contributed by atoms with Crippen LogP contribution in [0, 0.1) is 0 Å². The van der Waals surface area contributed by atoms with Crippen LogP contribution >= 0.6 is 15.9 Å². The molecule has 0 saturated carbocycles. The summed E-state index contributed by atoms with van der Waals surface area (Å²) in [5, 5.41) is 7.96. The normalized spacial score (nSPS) is 11.8. The van der Waals surface area contributed by atoms with Crippen molar-refractivity contribution in [1.29, 1.82) is 0 Å². The number of nitrogens with zero attached hydrogens (tertiary/aromatic N) is 2. The summed E-state index contributed by atoms with van der Waals surface area (Å²) in [5.41, 5.74) is 2.76. The molecule has 0 spiro atoms. The van der Waals surface area contributed by atoms with Crippen LogP contribution in [0.1, 0.15) is 38.3 Å². The van der Waals surface area contributed by atoms with Crippen LogP contribution in [0.2, 0.25) is 0 Å². The third-order valence-electron chi connectivity index (χ3n) is 3.22. The van der Waals surface area contributed by atoms with Gasteiger partial charge in [0.05, 0.1) is 12.7 Å². The van der Waals surface area contributed by atoms with Crippen LogP contribution in [0.25, 0.3) is 0 Å². The van der Waals surface area contributed by atoms with Gasteiger partial charge in [0.1, 0.15) is 0 Å². The maximum Gasteiger partial charge on any atom is 0.0659 e. The summed E-state index contributed by atoms with van der Waals surface area (Å²) in [5.74, 6) is 0. The third-order valence-corrected chi connectivity index (χ3v) is 3.71. The highest BCUT2D eigenvalue weighted by atomic mass is 79.9. The van der Waals surface area contributed by atoms with Gasteiger partial charge in [0.2, 0.25) is 0 Å². The van der Waals surface area contributed by atoms with E-state index in [1.54, 1.807) is 0 Å². The molecule has 0 amide bonds. The van der Waals surface area contributed by atoms with Crippen LogP contribution in [0.15, 0.2) is 41.1 Å². The van der Waals surface area contributed by atoms with Gasteiger partial charge in [0, 0.05) is 16.2 Å².